The highest BCUT2D eigenvalue weighted by Gasteiger charge is 2.09. The van der Waals surface area contributed by atoms with Crippen molar-refractivity contribution in [2.75, 3.05) is 18.4 Å². The zero-order chi connectivity index (χ0) is 16.9. The molecule has 0 aliphatic heterocycles. The lowest BCUT2D eigenvalue weighted by atomic mass is 10.2. The van der Waals surface area contributed by atoms with Crippen LogP contribution in [0.5, 0.6) is 0 Å². The van der Waals surface area contributed by atoms with Crippen LogP contribution in [0.2, 0.25) is 5.02 Å². The minimum Gasteiger partial charge on any atom is -0.400 e. The molecule has 1 aromatic carbocycles. The van der Waals surface area contributed by atoms with Gasteiger partial charge in [-0.1, -0.05) is 11.6 Å². The molecule has 3 aromatic rings. The predicted molar refractivity (Wildman–Crippen MR) is 93.1 cm³/mol. The van der Waals surface area contributed by atoms with E-state index in [-0.39, 0.29) is 5.88 Å². The van der Waals surface area contributed by atoms with Gasteiger partial charge < -0.3 is 9.73 Å². The molecule has 0 bridgehead atoms. The molecule has 0 atom stereocenters. The van der Waals surface area contributed by atoms with Gasteiger partial charge in [-0.05, 0) is 30.3 Å². The Balaban J connectivity index is 1.58. The summed E-state index contributed by atoms with van der Waals surface area (Å²) in [6, 6.07) is 10.2. The first-order chi connectivity index (χ1) is 11.6. The smallest absolute Gasteiger partial charge is 0.400 e. The predicted octanol–water partition coefficient (Wildman–Crippen LogP) is 3.92. The van der Waals surface area contributed by atoms with Gasteiger partial charge in [-0.3, -0.25) is 20.1 Å². The van der Waals surface area contributed by atoms with Crippen LogP contribution in [-0.2, 0) is 0 Å². The number of hydrogen-bond donors (Lipinski definition) is 1. The van der Waals surface area contributed by atoms with Crippen LogP contribution >= 0.6 is 11.6 Å². The van der Waals surface area contributed by atoms with E-state index in [9.17, 15) is 10.1 Å². The van der Waals surface area contributed by atoms with Crippen molar-refractivity contribution in [2.45, 2.75) is 0 Å². The van der Waals surface area contributed by atoms with Gasteiger partial charge in [0, 0.05) is 28.8 Å². The zero-order valence-corrected chi connectivity index (χ0v) is 13.2. The van der Waals surface area contributed by atoms with Crippen molar-refractivity contribution in [2.24, 2.45) is 4.99 Å². The maximum absolute atomic E-state index is 10.5. The van der Waals surface area contributed by atoms with Crippen molar-refractivity contribution in [3.63, 3.8) is 0 Å². The maximum Gasteiger partial charge on any atom is 0.433 e. The Morgan fingerprint density at radius 3 is 3.00 bits per heavy atom. The summed E-state index contributed by atoms with van der Waals surface area (Å²) >= 11 is 5.97. The van der Waals surface area contributed by atoms with E-state index in [0.717, 1.165) is 16.6 Å². The number of nitrogens with one attached hydrogen (secondary N) is 1. The molecular formula is C16H13ClN4O3. The first kappa shape index (κ1) is 15.9. The number of halogens is 1. The minimum atomic E-state index is -0.584. The van der Waals surface area contributed by atoms with E-state index in [1.165, 1.54) is 18.3 Å². The molecule has 7 nitrogen and oxygen atoms in total. The summed E-state index contributed by atoms with van der Waals surface area (Å²) in [5.41, 5.74) is 1.76. The highest BCUT2D eigenvalue weighted by Crippen LogP contribution is 2.24. The van der Waals surface area contributed by atoms with E-state index >= 15 is 0 Å². The summed E-state index contributed by atoms with van der Waals surface area (Å²) in [6.45, 7) is 1.09. The summed E-state index contributed by atoms with van der Waals surface area (Å²) in [5, 5.41) is 15.4. The molecule has 0 amide bonds. The van der Waals surface area contributed by atoms with Gasteiger partial charge in [0.15, 0.2) is 5.76 Å². The van der Waals surface area contributed by atoms with Crippen LogP contribution in [0.3, 0.4) is 0 Å². The monoisotopic (exact) mass is 344 g/mol. The molecule has 0 saturated carbocycles. The molecule has 122 valence electrons. The average Bonchev–Trinajstić information content (AvgIpc) is 3.03. The van der Waals surface area contributed by atoms with Crippen molar-refractivity contribution in [1.82, 2.24) is 4.98 Å². The Kier molecular flexibility index (Phi) is 4.72. The summed E-state index contributed by atoms with van der Waals surface area (Å²) < 4.78 is 4.99. The third-order valence-electron chi connectivity index (χ3n) is 3.27. The molecule has 8 heteroatoms. The molecule has 2 heterocycles. The van der Waals surface area contributed by atoms with Crippen molar-refractivity contribution < 1.29 is 9.34 Å². The number of aliphatic imine (C=N–C) groups is 1. The number of benzene rings is 1. The Morgan fingerprint density at radius 2 is 2.21 bits per heavy atom. The quantitative estimate of drug-likeness (QED) is 0.316. The molecule has 0 aliphatic rings. The number of nitrogens with zero attached hydrogens (tertiary/aromatic N) is 3. The number of rotatable bonds is 6. The van der Waals surface area contributed by atoms with Gasteiger partial charge in [-0.2, -0.15) is 0 Å². The fourth-order valence-electron chi connectivity index (χ4n) is 2.19. The third-order valence-corrected chi connectivity index (χ3v) is 3.51. The van der Waals surface area contributed by atoms with Crippen LogP contribution in [0.1, 0.15) is 5.76 Å². The fourth-order valence-corrected chi connectivity index (χ4v) is 2.36. The Bertz CT molecular complexity index is 907. The van der Waals surface area contributed by atoms with Gasteiger partial charge in [0.1, 0.15) is 4.92 Å². The number of hydrogen-bond acceptors (Lipinski definition) is 6. The number of nitro groups is 1. The molecule has 0 fully saturated rings. The van der Waals surface area contributed by atoms with Gasteiger partial charge in [-0.25, -0.2) is 0 Å². The second-order valence-electron chi connectivity index (χ2n) is 4.92. The first-order valence-electron chi connectivity index (χ1n) is 7.16. The van der Waals surface area contributed by atoms with E-state index in [2.05, 4.69) is 15.3 Å². The normalized spacial score (nSPS) is 11.2. The average molecular weight is 345 g/mol. The van der Waals surface area contributed by atoms with Crippen LogP contribution in [0, 0.1) is 10.1 Å². The van der Waals surface area contributed by atoms with Gasteiger partial charge in [0.05, 0.1) is 24.3 Å². The molecule has 0 spiro atoms. The number of pyridine rings is 1. The Morgan fingerprint density at radius 1 is 1.33 bits per heavy atom. The molecule has 0 saturated heterocycles. The summed E-state index contributed by atoms with van der Waals surface area (Å²) in [5.74, 6) is 0.0576. The third kappa shape index (κ3) is 3.69. The van der Waals surface area contributed by atoms with Crippen molar-refractivity contribution in [3.8, 4) is 0 Å². The molecule has 0 aliphatic carbocycles. The largest absolute Gasteiger partial charge is 0.433 e. The van der Waals surface area contributed by atoms with Crippen molar-refractivity contribution in [1.29, 1.82) is 0 Å². The fraction of sp³-hybridized carbons (Fsp3) is 0.125. The van der Waals surface area contributed by atoms with E-state index in [1.807, 2.05) is 24.3 Å². The maximum atomic E-state index is 10.5. The van der Waals surface area contributed by atoms with Crippen LogP contribution in [0.15, 0.2) is 52.0 Å². The van der Waals surface area contributed by atoms with E-state index in [4.69, 9.17) is 16.0 Å². The second kappa shape index (κ2) is 7.10. The zero-order valence-electron chi connectivity index (χ0n) is 12.5. The molecule has 3 rings (SSSR count). The molecule has 0 unspecified atom stereocenters. The topological polar surface area (TPSA) is 93.6 Å². The van der Waals surface area contributed by atoms with Crippen molar-refractivity contribution in [3.05, 3.63) is 63.5 Å². The number of aromatic nitrogens is 1. The summed E-state index contributed by atoms with van der Waals surface area (Å²) in [6.07, 6.45) is 3.19. The Hall–Kier alpha value is -2.93. The van der Waals surface area contributed by atoms with Gasteiger partial charge in [-0.15, -0.1) is 0 Å². The van der Waals surface area contributed by atoms with Crippen LogP contribution in [0.4, 0.5) is 11.6 Å². The van der Waals surface area contributed by atoms with Crippen LogP contribution < -0.4 is 5.32 Å². The van der Waals surface area contributed by atoms with Crippen LogP contribution in [-0.4, -0.2) is 29.2 Å². The van der Waals surface area contributed by atoms with E-state index in [1.54, 1.807) is 6.20 Å². The minimum absolute atomic E-state index is 0.295. The summed E-state index contributed by atoms with van der Waals surface area (Å²) in [7, 11) is 0. The first-order valence-corrected chi connectivity index (χ1v) is 7.53. The van der Waals surface area contributed by atoms with E-state index < -0.39 is 4.92 Å². The summed E-state index contributed by atoms with van der Waals surface area (Å²) in [4.78, 5) is 18.4. The number of anilines is 1. The molecule has 0 radical (unpaired) electrons. The highest BCUT2D eigenvalue weighted by molar-refractivity contribution is 6.31. The van der Waals surface area contributed by atoms with Gasteiger partial charge in [0.2, 0.25) is 0 Å². The van der Waals surface area contributed by atoms with Gasteiger partial charge in [0.25, 0.3) is 0 Å². The highest BCUT2D eigenvalue weighted by atomic mass is 35.5. The molecule has 2 aromatic heterocycles. The molecule has 1 N–H and O–H groups in total. The lowest BCUT2D eigenvalue weighted by Crippen LogP contribution is -2.05. The Labute approximate surface area is 142 Å². The number of fused-ring (bicyclic) bond motifs is 1. The lowest BCUT2D eigenvalue weighted by molar-refractivity contribution is -0.402. The van der Waals surface area contributed by atoms with Crippen molar-refractivity contribution >= 4 is 40.3 Å². The van der Waals surface area contributed by atoms with Crippen LogP contribution in [0.25, 0.3) is 10.9 Å². The second-order valence-corrected chi connectivity index (χ2v) is 5.35. The lowest BCUT2D eigenvalue weighted by Gasteiger charge is -2.08. The standard InChI is InChI=1S/C16H13ClN4O3/c17-11-1-3-13-14(5-6-19-15(13)9-11)20-8-7-18-10-12-2-4-16(24-12)21(22)23/h1-6,9-10H,7-8H2,(H,19,20). The SMILES string of the molecule is O=[N+]([O-])c1ccc(C=NCCNc2ccnc3cc(Cl)ccc23)o1. The number of furan rings is 1. The van der Waals surface area contributed by atoms with Gasteiger partial charge >= 0.3 is 5.88 Å². The molecular weight excluding hydrogens is 332 g/mol. The molecule has 24 heavy (non-hydrogen) atoms. The van der Waals surface area contributed by atoms with E-state index in [0.29, 0.717) is 23.9 Å².